The number of unbranched alkanes of at least 4 members (excludes halogenated alkanes) is 6. The molecule has 15 heavy (non-hydrogen) atoms. The van der Waals surface area contributed by atoms with Crippen molar-refractivity contribution in [3.63, 3.8) is 0 Å². The van der Waals surface area contributed by atoms with Crippen molar-refractivity contribution in [1.29, 1.82) is 0 Å². The summed E-state index contributed by atoms with van der Waals surface area (Å²) in [4.78, 5) is 10.6. The Balaban J connectivity index is 3.16. The van der Waals surface area contributed by atoms with Crippen LogP contribution in [0.1, 0.15) is 51.9 Å². The van der Waals surface area contributed by atoms with Crippen molar-refractivity contribution < 1.29 is 9.53 Å². The molecule has 0 spiro atoms. The first-order valence-electron chi connectivity index (χ1n) is 5.79. The van der Waals surface area contributed by atoms with E-state index in [1.165, 1.54) is 44.8 Å². The molecule has 0 aliphatic heterocycles. The van der Waals surface area contributed by atoms with Gasteiger partial charge in [0.15, 0.2) is 0 Å². The third kappa shape index (κ3) is 10.9. The average molecular weight is 210 g/mol. The minimum atomic E-state index is -0.394. The normalized spacial score (nSPS) is 10.5. The van der Waals surface area contributed by atoms with Gasteiger partial charge >= 0.3 is 5.97 Å². The van der Waals surface area contributed by atoms with Gasteiger partial charge in [-0.15, -0.1) is 0 Å². The van der Waals surface area contributed by atoms with Gasteiger partial charge < -0.3 is 4.74 Å². The molecular weight excluding hydrogens is 188 g/mol. The second kappa shape index (κ2) is 11.0. The number of hydrogen-bond donors (Lipinski definition) is 0. The van der Waals surface area contributed by atoms with E-state index in [1.54, 1.807) is 0 Å². The lowest BCUT2D eigenvalue weighted by atomic mass is 10.1. The zero-order valence-electron chi connectivity index (χ0n) is 9.71. The van der Waals surface area contributed by atoms with Crippen molar-refractivity contribution in [2.24, 2.45) is 0 Å². The summed E-state index contributed by atoms with van der Waals surface area (Å²) in [6.07, 6.45) is 13.2. The molecule has 0 bridgehead atoms. The number of hydrogen-bond acceptors (Lipinski definition) is 2. The Labute approximate surface area is 93.0 Å². The highest BCUT2D eigenvalue weighted by molar-refractivity contribution is 5.81. The summed E-state index contributed by atoms with van der Waals surface area (Å²) in [5.41, 5.74) is 0. The predicted molar refractivity (Wildman–Crippen MR) is 63.4 cm³/mol. The van der Waals surface area contributed by atoms with Crippen LogP contribution in [0.4, 0.5) is 0 Å². The summed E-state index contributed by atoms with van der Waals surface area (Å²) in [5, 5.41) is 0. The van der Waals surface area contributed by atoms with Gasteiger partial charge in [-0.05, 0) is 18.9 Å². The number of ether oxygens (including phenoxy) is 1. The molecule has 86 valence electrons. The Morgan fingerprint density at radius 3 is 2.53 bits per heavy atom. The lowest BCUT2D eigenvalue weighted by molar-refractivity contribution is -0.132. The molecule has 0 heterocycles. The summed E-state index contributed by atoms with van der Waals surface area (Å²) >= 11 is 0. The van der Waals surface area contributed by atoms with Crippen LogP contribution in [0.2, 0.25) is 0 Å². The molecule has 0 aliphatic carbocycles. The Morgan fingerprint density at radius 1 is 1.20 bits per heavy atom. The molecule has 0 N–H and O–H groups in total. The van der Waals surface area contributed by atoms with Gasteiger partial charge in [-0.3, -0.25) is 0 Å². The van der Waals surface area contributed by atoms with Crippen LogP contribution in [-0.2, 0) is 9.53 Å². The SMILES string of the molecule is C=CC(=O)OC=CCCCCCCCC. The minimum absolute atomic E-state index is 0.394. The van der Waals surface area contributed by atoms with E-state index in [1.807, 2.05) is 6.08 Å². The number of carbonyl (C=O) groups is 1. The molecule has 0 rings (SSSR count). The van der Waals surface area contributed by atoms with Gasteiger partial charge in [0.1, 0.15) is 0 Å². The minimum Gasteiger partial charge on any atom is -0.432 e. The lowest BCUT2D eigenvalue weighted by Gasteiger charge is -1.97. The van der Waals surface area contributed by atoms with Gasteiger partial charge in [-0.1, -0.05) is 45.6 Å². The highest BCUT2D eigenvalue weighted by atomic mass is 16.5. The van der Waals surface area contributed by atoms with E-state index in [9.17, 15) is 4.79 Å². The largest absolute Gasteiger partial charge is 0.432 e. The Morgan fingerprint density at radius 2 is 1.87 bits per heavy atom. The van der Waals surface area contributed by atoms with Crippen LogP contribution in [0.5, 0.6) is 0 Å². The van der Waals surface area contributed by atoms with Gasteiger partial charge in [0.25, 0.3) is 0 Å². The first-order valence-corrected chi connectivity index (χ1v) is 5.79. The van der Waals surface area contributed by atoms with Crippen molar-refractivity contribution in [3.8, 4) is 0 Å². The smallest absolute Gasteiger partial charge is 0.334 e. The molecule has 0 saturated carbocycles. The topological polar surface area (TPSA) is 26.3 Å². The van der Waals surface area contributed by atoms with Gasteiger partial charge in [0, 0.05) is 6.08 Å². The van der Waals surface area contributed by atoms with E-state index in [4.69, 9.17) is 4.74 Å². The number of rotatable bonds is 9. The van der Waals surface area contributed by atoms with Gasteiger partial charge in [-0.2, -0.15) is 0 Å². The molecule has 0 atom stereocenters. The summed E-state index contributed by atoms with van der Waals surface area (Å²) in [7, 11) is 0. The molecular formula is C13H22O2. The van der Waals surface area contributed by atoms with E-state index in [-0.39, 0.29) is 0 Å². The zero-order chi connectivity index (χ0) is 11.4. The Hall–Kier alpha value is -1.05. The molecule has 0 aromatic carbocycles. The van der Waals surface area contributed by atoms with Gasteiger partial charge in [-0.25, -0.2) is 4.79 Å². The van der Waals surface area contributed by atoms with E-state index in [2.05, 4.69) is 13.5 Å². The second-order valence-corrected chi connectivity index (χ2v) is 3.57. The first-order chi connectivity index (χ1) is 7.31. The molecule has 2 nitrogen and oxygen atoms in total. The molecule has 0 radical (unpaired) electrons. The lowest BCUT2D eigenvalue weighted by Crippen LogP contribution is -1.91. The highest BCUT2D eigenvalue weighted by Gasteiger charge is 1.90. The van der Waals surface area contributed by atoms with Gasteiger partial charge in [0.05, 0.1) is 6.26 Å². The summed E-state index contributed by atoms with van der Waals surface area (Å²) < 4.78 is 4.70. The highest BCUT2D eigenvalue weighted by Crippen LogP contribution is 2.07. The maximum atomic E-state index is 10.6. The number of allylic oxidation sites excluding steroid dienone is 1. The van der Waals surface area contributed by atoms with E-state index < -0.39 is 5.97 Å². The summed E-state index contributed by atoms with van der Waals surface area (Å²) in [6, 6.07) is 0. The van der Waals surface area contributed by atoms with Crippen LogP contribution in [0, 0.1) is 0 Å². The molecule has 0 aliphatic rings. The Kier molecular flexibility index (Phi) is 10.3. The third-order valence-corrected chi connectivity index (χ3v) is 2.17. The monoisotopic (exact) mass is 210 g/mol. The fraction of sp³-hybridized carbons (Fsp3) is 0.615. The maximum Gasteiger partial charge on any atom is 0.334 e. The fourth-order valence-corrected chi connectivity index (χ4v) is 1.27. The quantitative estimate of drug-likeness (QED) is 0.249. The molecule has 0 aromatic rings. The maximum absolute atomic E-state index is 10.6. The van der Waals surface area contributed by atoms with Crippen LogP contribution in [-0.4, -0.2) is 5.97 Å². The van der Waals surface area contributed by atoms with Gasteiger partial charge in [0.2, 0.25) is 0 Å². The first kappa shape index (κ1) is 13.9. The van der Waals surface area contributed by atoms with E-state index >= 15 is 0 Å². The predicted octanol–water partition coefficient (Wildman–Crippen LogP) is 3.98. The molecule has 2 heteroatoms. The third-order valence-electron chi connectivity index (χ3n) is 2.17. The van der Waals surface area contributed by atoms with Crippen molar-refractivity contribution in [2.75, 3.05) is 0 Å². The standard InChI is InChI=1S/C13H22O2/c1-3-5-6-7-8-9-10-11-12-15-13(14)4-2/h4,11-12H,2-3,5-10H2,1H3. The average Bonchev–Trinajstić information content (AvgIpc) is 2.26. The van der Waals surface area contributed by atoms with Crippen molar-refractivity contribution in [2.45, 2.75) is 51.9 Å². The molecule has 0 fully saturated rings. The van der Waals surface area contributed by atoms with Crippen LogP contribution in [0.3, 0.4) is 0 Å². The fourth-order valence-electron chi connectivity index (χ4n) is 1.27. The molecule has 0 aromatic heterocycles. The van der Waals surface area contributed by atoms with Crippen molar-refractivity contribution >= 4 is 5.97 Å². The van der Waals surface area contributed by atoms with Crippen LogP contribution in [0.15, 0.2) is 25.0 Å². The van der Waals surface area contributed by atoms with Crippen molar-refractivity contribution in [1.82, 2.24) is 0 Å². The van der Waals surface area contributed by atoms with E-state index in [0.29, 0.717) is 0 Å². The Bertz CT molecular complexity index is 195. The van der Waals surface area contributed by atoms with E-state index in [0.717, 1.165) is 12.5 Å². The molecule has 0 saturated heterocycles. The van der Waals surface area contributed by atoms with Crippen LogP contribution >= 0.6 is 0 Å². The summed E-state index contributed by atoms with van der Waals surface area (Å²) in [5.74, 6) is -0.394. The summed E-state index contributed by atoms with van der Waals surface area (Å²) in [6.45, 7) is 5.53. The van der Waals surface area contributed by atoms with Crippen LogP contribution < -0.4 is 0 Å². The zero-order valence-corrected chi connectivity index (χ0v) is 9.71. The van der Waals surface area contributed by atoms with Crippen LogP contribution in [0.25, 0.3) is 0 Å². The molecule has 0 amide bonds. The van der Waals surface area contributed by atoms with Crippen molar-refractivity contribution in [3.05, 3.63) is 25.0 Å². The number of carbonyl (C=O) groups excluding carboxylic acids is 1. The number of esters is 1. The molecule has 0 unspecified atom stereocenters. The second-order valence-electron chi connectivity index (χ2n) is 3.57.